The first-order chi connectivity index (χ1) is 8.87. The molecule has 0 aromatic carbocycles. The van der Waals surface area contributed by atoms with E-state index < -0.39 is 47.4 Å². The lowest BCUT2D eigenvalue weighted by atomic mass is 9.70. The zero-order valence-corrected chi connectivity index (χ0v) is 10.3. The maximum absolute atomic E-state index is 14.2. The minimum Gasteiger partial charge on any atom is -0.481 e. The Bertz CT molecular complexity index is 467. The van der Waals surface area contributed by atoms with Crippen LogP contribution in [0.1, 0.15) is 19.8 Å². The molecular formula is C12H12F6O2. The Kier molecular flexibility index (Phi) is 2.97. The highest BCUT2D eigenvalue weighted by atomic mass is 19.3. The van der Waals surface area contributed by atoms with Crippen molar-refractivity contribution in [3.05, 3.63) is 12.2 Å². The number of rotatable bonds is 4. The quantitative estimate of drug-likeness (QED) is 0.636. The molecule has 114 valence electrons. The van der Waals surface area contributed by atoms with Gasteiger partial charge in [0.15, 0.2) is 0 Å². The summed E-state index contributed by atoms with van der Waals surface area (Å²) in [6.07, 6.45) is 1.09. The number of alkyl halides is 6. The summed E-state index contributed by atoms with van der Waals surface area (Å²) < 4.78 is 81.1. The number of fused-ring (bicyclic) bond motifs is 2. The van der Waals surface area contributed by atoms with Crippen molar-refractivity contribution in [2.75, 3.05) is 0 Å². The molecule has 0 aliphatic heterocycles. The molecule has 2 aliphatic rings. The van der Waals surface area contributed by atoms with E-state index in [-0.39, 0.29) is 13.3 Å². The highest BCUT2D eigenvalue weighted by Gasteiger charge is 2.79. The molecule has 0 saturated heterocycles. The van der Waals surface area contributed by atoms with Crippen molar-refractivity contribution in [2.45, 2.75) is 37.5 Å². The summed E-state index contributed by atoms with van der Waals surface area (Å²) in [6, 6.07) is 0. The fourth-order valence-corrected chi connectivity index (χ4v) is 3.15. The molecule has 2 bridgehead atoms. The second kappa shape index (κ2) is 3.92. The highest BCUT2D eigenvalue weighted by molar-refractivity contribution is 5.73. The molecule has 2 aliphatic carbocycles. The van der Waals surface area contributed by atoms with Gasteiger partial charge in [-0.15, -0.1) is 0 Å². The number of allylic oxidation sites excluding steroid dienone is 2. The predicted octanol–water partition coefficient (Wildman–Crippen LogP) is 3.58. The first-order valence-corrected chi connectivity index (χ1v) is 5.92. The van der Waals surface area contributed by atoms with Crippen LogP contribution in [0.4, 0.5) is 26.3 Å². The molecule has 8 heteroatoms. The Morgan fingerprint density at radius 3 is 2.20 bits per heavy atom. The van der Waals surface area contributed by atoms with Crippen LogP contribution in [0, 0.1) is 17.3 Å². The van der Waals surface area contributed by atoms with Crippen LogP contribution in [0.5, 0.6) is 0 Å². The minimum absolute atomic E-state index is 0.243. The third-order valence-corrected chi connectivity index (χ3v) is 4.25. The van der Waals surface area contributed by atoms with Crippen LogP contribution in [0.3, 0.4) is 0 Å². The fourth-order valence-electron chi connectivity index (χ4n) is 3.15. The van der Waals surface area contributed by atoms with Crippen molar-refractivity contribution < 1.29 is 36.2 Å². The topological polar surface area (TPSA) is 37.3 Å². The van der Waals surface area contributed by atoms with Gasteiger partial charge in [-0.1, -0.05) is 12.2 Å². The van der Waals surface area contributed by atoms with Crippen LogP contribution in [0.15, 0.2) is 12.2 Å². The van der Waals surface area contributed by atoms with Gasteiger partial charge in [0, 0.05) is 6.92 Å². The first kappa shape index (κ1) is 15.2. The Labute approximate surface area is 110 Å². The Morgan fingerprint density at radius 2 is 1.80 bits per heavy atom. The number of aliphatic carboxylic acids is 1. The minimum atomic E-state index is -5.63. The monoisotopic (exact) mass is 302 g/mol. The average molecular weight is 302 g/mol. The zero-order chi connectivity index (χ0) is 15.6. The van der Waals surface area contributed by atoms with E-state index in [0.717, 1.165) is 0 Å². The Morgan fingerprint density at radius 1 is 1.25 bits per heavy atom. The van der Waals surface area contributed by atoms with Crippen LogP contribution in [-0.4, -0.2) is 28.8 Å². The molecule has 3 atom stereocenters. The molecule has 1 N–H and O–H groups in total. The summed E-state index contributed by atoms with van der Waals surface area (Å²) in [6.45, 7) is -0.293. The standard InChI is InChI=1S/C12H12F6O2/c1-9(13,14)11(15,16)12(17,18)10-3-2-6(5-10)4-7(10)8(19)20/h2-3,6-7H,4-5H2,1H3,(H,19,20). The average Bonchev–Trinajstić information content (AvgIpc) is 2.85. The molecular weight excluding hydrogens is 290 g/mol. The van der Waals surface area contributed by atoms with E-state index in [1.54, 1.807) is 0 Å². The van der Waals surface area contributed by atoms with Gasteiger partial charge in [0.2, 0.25) is 0 Å². The number of halogens is 6. The van der Waals surface area contributed by atoms with Crippen molar-refractivity contribution in [1.29, 1.82) is 0 Å². The molecule has 0 aromatic heterocycles. The van der Waals surface area contributed by atoms with E-state index in [1.165, 1.54) is 6.08 Å². The second-order valence-corrected chi connectivity index (χ2v) is 5.53. The molecule has 20 heavy (non-hydrogen) atoms. The van der Waals surface area contributed by atoms with Gasteiger partial charge >= 0.3 is 23.7 Å². The number of carboxylic acid groups (broad SMARTS) is 1. The molecule has 0 aromatic rings. The van der Waals surface area contributed by atoms with Gasteiger partial charge in [-0.3, -0.25) is 4.79 Å². The Hall–Kier alpha value is -1.21. The number of hydrogen-bond acceptors (Lipinski definition) is 1. The van der Waals surface area contributed by atoms with E-state index in [9.17, 15) is 31.1 Å². The molecule has 0 amide bonds. The lowest BCUT2D eigenvalue weighted by Crippen LogP contribution is -2.62. The van der Waals surface area contributed by atoms with Crippen LogP contribution in [-0.2, 0) is 4.79 Å². The van der Waals surface area contributed by atoms with Gasteiger partial charge in [0.05, 0.1) is 11.3 Å². The van der Waals surface area contributed by atoms with Crippen molar-refractivity contribution in [3.8, 4) is 0 Å². The first-order valence-electron chi connectivity index (χ1n) is 5.92. The summed E-state index contributed by atoms with van der Waals surface area (Å²) in [4.78, 5) is 11.0. The summed E-state index contributed by atoms with van der Waals surface area (Å²) in [5.41, 5.74) is -2.76. The molecule has 1 saturated carbocycles. The summed E-state index contributed by atoms with van der Waals surface area (Å²) in [7, 11) is 0. The van der Waals surface area contributed by atoms with Crippen LogP contribution >= 0.6 is 0 Å². The molecule has 3 unspecified atom stereocenters. The van der Waals surface area contributed by atoms with Crippen LogP contribution < -0.4 is 0 Å². The summed E-state index contributed by atoms with van der Waals surface area (Å²) in [5.74, 6) is -19.8. The van der Waals surface area contributed by atoms with E-state index >= 15 is 0 Å². The fraction of sp³-hybridized carbons (Fsp3) is 0.750. The normalized spacial score (nSPS) is 33.8. The third-order valence-electron chi connectivity index (χ3n) is 4.25. The van der Waals surface area contributed by atoms with Gasteiger partial charge < -0.3 is 5.11 Å². The van der Waals surface area contributed by atoms with Gasteiger partial charge in [-0.25, -0.2) is 0 Å². The highest BCUT2D eigenvalue weighted by Crippen LogP contribution is 2.66. The molecule has 0 radical (unpaired) electrons. The lowest BCUT2D eigenvalue weighted by molar-refractivity contribution is -0.334. The van der Waals surface area contributed by atoms with Crippen molar-refractivity contribution in [3.63, 3.8) is 0 Å². The number of carboxylic acids is 1. The van der Waals surface area contributed by atoms with Gasteiger partial charge in [-0.2, -0.15) is 26.3 Å². The maximum Gasteiger partial charge on any atom is 0.372 e. The SMILES string of the molecule is CC(F)(F)C(F)(F)C(F)(F)C12C=CC(CC1C(=O)O)C2. The second-order valence-electron chi connectivity index (χ2n) is 5.53. The van der Waals surface area contributed by atoms with Crippen molar-refractivity contribution in [1.82, 2.24) is 0 Å². The molecule has 0 heterocycles. The Balaban J connectivity index is 2.53. The smallest absolute Gasteiger partial charge is 0.372 e. The van der Waals surface area contributed by atoms with Gasteiger partial charge in [0.1, 0.15) is 0 Å². The maximum atomic E-state index is 14.2. The van der Waals surface area contributed by atoms with Gasteiger partial charge in [-0.05, 0) is 18.8 Å². The van der Waals surface area contributed by atoms with E-state index in [4.69, 9.17) is 5.11 Å². The van der Waals surface area contributed by atoms with E-state index in [1.807, 2.05) is 0 Å². The van der Waals surface area contributed by atoms with E-state index in [2.05, 4.69) is 0 Å². The zero-order valence-electron chi connectivity index (χ0n) is 10.3. The summed E-state index contributed by atoms with van der Waals surface area (Å²) in [5, 5.41) is 8.93. The number of carbonyl (C=O) groups is 1. The third kappa shape index (κ3) is 1.62. The predicted molar refractivity (Wildman–Crippen MR) is 55.9 cm³/mol. The summed E-state index contributed by atoms with van der Waals surface area (Å²) >= 11 is 0. The van der Waals surface area contributed by atoms with Crippen molar-refractivity contribution in [2.24, 2.45) is 17.3 Å². The molecule has 0 spiro atoms. The molecule has 1 fully saturated rings. The largest absolute Gasteiger partial charge is 0.481 e. The lowest BCUT2D eigenvalue weighted by Gasteiger charge is -2.42. The van der Waals surface area contributed by atoms with Gasteiger partial charge in [0.25, 0.3) is 0 Å². The van der Waals surface area contributed by atoms with Crippen molar-refractivity contribution >= 4 is 5.97 Å². The van der Waals surface area contributed by atoms with Crippen LogP contribution in [0.25, 0.3) is 0 Å². The molecule has 2 rings (SSSR count). The van der Waals surface area contributed by atoms with Crippen LogP contribution in [0.2, 0.25) is 0 Å². The number of hydrogen-bond donors (Lipinski definition) is 1. The van der Waals surface area contributed by atoms with E-state index in [0.29, 0.717) is 6.08 Å². The molecule has 2 nitrogen and oxygen atoms in total.